The molecule has 1 heterocycles. The van der Waals surface area contributed by atoms with Gasteiger partial charge in [-0.25, -0.2) is 5.43 Å². The smallest absolute Gasteiger partial charge is 0.273 e. The Morgan fingerprint density at radius 3 is 2.39 bits per heavy atom. The number of benzene rings is 3. The average Bonchev–Trinajstić information content (AvgIpc) is 3.41. The molecule has 0 radical (unpaired) electrons. The molecule has 0 aliphatic heterocycles. The number of ether oxygens (including phenoxy) is 2. The zero-order chi connectivity index (χ0) is 23.0. The van der Waals surface area contributed by atoms with Gasteiger partial charge in [-0.15, -0.1) is 0 Å². The van der Waals surface area contributed by atoms with Crippen molar-refractivity contribution in [1.82, 2.24) is 9.99 Å². The highest BCUT2D eigenvalue weighted by Gasteiger charge is 2.12. The predicted molar refractivity (Wildman–Crippen MR) is 129 cm³/mol. The molecule has 4 aromatic rings. The third kappa shape index (κ3) is 5.30. The molecule has 0 aliphatic carbocycles. The summed E-state index contributed by atoms with van der Waals surface area (Å²) in [4.78, 5) is 12.8. The molecule has 4 rings (SSSR count). The van der Waals surface area contributed by atoms with Gasteiger partial charge in [0.15, 0.2) is 11.5 Å². The fourth-order valence-electron chi connectivity index (χ4n) is 3.39. The van der Waals surface area contributed by atoms with E-state index >= 15 is 0 Å². The molecular formula is C27H25N3O3. The fraction of sp³-hybridized carbons (Fsp3) is 0.111. The second-order valence-electron chi connectivity index (χ2n) is 7.39. The molecule has 0 unspecified atom stereocenters. The van der Waals surface area contributed by atoms with Crippen molar-refractivity contribution in [2.75, 3.05) is 7.11 Å². The number of amides is 1. The van der Waals surface area contributed by atoms with Crippen LogP contribution in [0, 0.1) is 0 Å². The summed E-state index contributed by atoms with van der Waals surface area (Å²) in [5.74, 6) is 0.957. The Kier molecular flexibility index (Phi) is 6.85. The van der Waals surface area contributed by atoms with Gasteiger partial charge < -0.3 is 14.0 Å². The first-order valence-electron chi connectivity index (χ1n) is 10.6. The molecule has 33 heavy (non-hydrogen) atoms. The second-order valence-corrected chi connectivity index (χ2v) is 7.39. The Morgan fingerprint density at radius 2 is 1.64 bits per heavy atom. The zero-order valence-electron chi connectivity index (χ0n) is 18.6. The van der Waals surface area contributed by atoms with Gasteiger partial charge in [0.1, 0.15) is 6.61 Å². The number of rotatable bonds is 8. The van der Waals surface area contributed by atoms with Crippen molar-refractivity contribution >= 4 is 11.6 Å². The number of methoxy groups -OCH3 is 1. The zero-order valence-corrected chi connectivity index (χ0v) is 18.6. The summed E-state index contributed by atoms with van der Waals surface area (Å²) in [5.41, 5.74) is 6.52. The van der Waals surface area contributed by atoms with E-state index in [2.05, 4.69) is 10.5 Å². The topological polar surface area (TPSA) is 64.8 Å². The van der Waals surface area contributed by atoms with E-state index in [1.165, 1.54) is 0 Å². The second kappa shape index (κ2) is 10.3. The lowest BCUT2D eigenvalue weighted by Crippen LogP contribution is -2.21. The molecule has 1 amide bonds. The highest BCUT2D eigenvalue weighted by atomic mass is 16.5. The number of carbonyl (C=O) groups excluding carboxylic acids is 1. The van der Waals surface area contributed by atoms with Gasteiger partial charge in [-0.05, 0) is 55.0 Å². The largest absolute Gasteiger partial charge is 0.493 e. The first-order valence-corrected chi connectivity index (χ1v) is 10.6. The van der Waals surface area contributed by atoms with Gasteiger partial charge >= 0.3 is 0 Å². The predicted octanol–water partition coefficient (Wildman–Crippen LogP) is 5.22. The van der Waals surface area contributed by atoms with Crippen molar-refractivity contribution in [3.63, 3.8) is 0 Å². The lowest BCUT2D eigenvalue weighted by atomic mass is 10.1. The van der Waals surface area contributed by atoms with E-state index in [9.17, 15) is 4.79 Å². The van der Waals surface area contributed by atoms with Gasteiger partial charge in [-0.2, -0.15) is 5.10 Å². The van der Waals surface area contributed by atoms with E-state index in [1.807, 2.05) is 103 Å². The molecule has 3 aromatic carbocycles. The van der Waals surface area contributed by atoms with Crippen LogP contribution < -0.4 is 14.9 Å². The van der Waals surface area contributed by atoms with Crippen LogP contribution >= 0.6 is 0 Å². The molecule has 1 aromatic heterocycles. The summed E-state index contributed by atoms with van der Waals surface area (Å²) in [6.45, 7) is 2.28. The maximum Gasteiger partial charge on any atom is 0.273 e. The molecule has 0 fully saturated rings. The van der Waals surface area contributed by atoms with E-state index in [-0.39, 0.29) is 5.91 Å². The minimum atomic E-state index is -0.284. The Bertz CT molecular complexity index is 1250. The van der Waals surface area contributed by atoms with Crippen molar-refractivity contribution in [1.29, 1.82) is 0 Å². The molecule has 0 saturated heterocycles. The number of para-hydroxylation sites is 1. The van der Waals surface area contributed by atoms with Crippen LogP contribution in [0.15, 0.2) is 102 Å². The maximum absolute atomic E-state index is 12.8. The fourth-order valence-corrected chi connectivity index (χ4v) is 3.39. The van der Waals surface area contributed by atoms with Gasteiger partial charge in [0, 0.05) is 18.0 Å². The van der Waals surface area contributed by atoms with Crippen molar-refractivity contribution in [3.05, 3.63) is 114 Å². The maximum atomic E-state index is 12.8. The van der Waals surface area contributed by atoms with Crippen LogP contribution in [0.25, 0.3) is 5.69 Å². The number of nitrogens with zero attached hydrogens (tertiary/aromatic N) is 2. The monoisotopic (exact) mass is 439 g/mol. The quantitative estimate of drug-likeness (QED) is 0.302. The molecular weight excluding hydrogens is 414 g/mol. The Balaban J connectivity index is 1.47. The van der Waals surface area contributed by atoms with Crippen LogP contribution in [-0.2, 0) is 6.61 Å². The summed E-state index contributed by atoms with van der Waals surface area (Å²) in [6, 6.07) is 26.7. The number of nitrogens with one attached hydrogen (secondary N) is 1. The van der Waals surface area contributed by atoms with Gasteiger partial charge in [0.2, 0.25) is 0 Å². The Hall–Kier alpha value is -4.32. The Morgan fingerprint density at radius 1 is 0.909 bits per heavy atom. The molecule has 6 heteroatoms. The summed E-state index contributed by atoms with van der Waals surface area (Å²) >= 11 is 0. The highest BCUT2D eigenvalue weighted by Crippen LogP contribution is 2.29. The van der Waals surface area contributed by atoms with Crippen LogP contribution in [0.2, 0.25) is 0 Å². The van der Waals surface area contributed by atoms with Gasteiger partial charge in [-0.3, -0.25) is 4.79 Å². The van der Waals surface area contributed by atoms with Crippen molar-refractivity contribution in [3.8, 4) is 17.2 Å². The number of hydrogen-bond acceptors (Lipinski definition) is 4. The van der Waals surface area contributed by atoms with Crippen molar-refractivity contribution in [2.24, 2.45) is 5.10 Å². The SMILES string of the molecule is COc1cc(/C(C)=N/NC(=O)c2ccccc2-n2cccc2)ccc1OCc1ccccc1. The minimum Gasteiger partial charge on any atom is -0.493 e. The molecule has 0 aliphatic rings. The third-order valence-corrected chi connectivity index (χ3v) is 5.18. The van der Waals surface area contributed by atoms with E-state index in [0.29, 0.717) is 29.4 Å². The first-order chi connectivity index (χ1) is 16.2. The van der Waals surface area contributed by atoms with E-state index < -0.39 is 0 Å². The number of carbonyl (C=O) groups is 1. The third-order valence-electron chi connectivity index (χ3n) is 5.18. The van der Waals surface area contributed by atoms with E-state index in [0.717, 1.165) is 16.8 Å². The van der Waals surface area contributed by atoms with E-state index in [1.54, 1.807) is 13.2 Å². The van der Waals surface area contributed by atoms with Gasteiger partial charge in [-0.1, -0.05) is 42.5 Å². The molecule has 0 bridgehead atoms. The van der Waals surface area contributed by atoms with Crippen molar-refractivity contribution < 1.29 is 14.3 Å². The molecule has 1 N–H and O–H groups in total. The van der Waals surface area contributed by atoms with Crippen LogP contribution in [0.5, 0.6) is 11.5 Å². The molecule has 0 atom stereocenters. The number of aromatic nitrogens is 1. The summed E-state index contributed by atoms with van der Waals surface area (Å²) < 4.78 is 13.3. The minimum absolute atomic E-state index is 0.284. The van der Waals surface area contributed by atoms with Gasteiger partial charge in [0.05, 0.1) is 24.1 Å². The van der Waals surface area contributed by atoms with Crippen LogP contribution in [0.1, 0.15) is 28.4 Å². The molecule has 0 saturated carbocycles. The number of hydrogen-bond donors (Lipinski definition) is 1. The molecule has 6 nitrogen and oxygen atoms in total. The number of hydrazone groups is 1. The average molecular weight is 440 g/mol. The first kappa shape index (κ1) is 21.9. The summed E-state index contributed by atoms with van der Waals surface area (Å²) in [5, 5.41) is 4.30. The summed E-state index contributed by atoms with van der Waals surface area (Å²) in [6.07, 6.45) is 3.79. The van der Waals surface area contributed by atoms with Crippen LogP contribution in [-0.4, -0.2) is 23.3 Å². The normalized spacial score (nSPS) is 11.2. The lowest BCUT2D eigenvalue weighted by molar-refractivity contribution is 0.0955. The standard InChI is InChI=1S/C27H25N3O3/c1-20(28-29-27(31)23-12-6-7-13-24(23)30-16-8-9-17-30)22-14-15-25(26(18-22)32-2)33-19-21-10-4-3-5-11-21/h3-18H,19H2,1-2H3,(H,29,31)/b28-20+. The van der Waals surface area contributed by atoms with Crippen LogP contribution in [0.3, 0.4) is 0 Å². The van der Waals surface area contributed by atoms with E-state index in [4.69, 9.17) is 9.47 Å². The lowest BCUT2D eigenvalue weighted by Gasteiger charge is -2.13. The highest BCUT2D eigenvalue weighted by molar-refractivity contribution is 6.02. The van der Waals surface area contributed by atoms with Gasteiger partial charge in [0.25, 0.3) is 5.91 Å². The molecule has 166 valence electrons. The summed E-state index contributed by atoms with van der Waals surface area (Å²) in [7, 11) is 1.60. The van der Waals surface area contributed by atoms with Crippen molar-refractivity contribution in [2.45, 2.75) is 13.5 Å². The Labute approximate surface area is 193 Å². The van der Waals surface area contributed by atoms with Crippen LogP contribution in [0.4, 0.5) is 0 Å². The molecule has 0 spiro atoms.